The smallest absolute Gasteiger partial charge is 0.328 e. The molecule has 0 radical (unpaired) electrons. The number of carbonyl (C=O) groups excluding carboxylic acids is 1. The summed E-state index contributed by atoms with van der Waals surface area (Å²) in [6.45, 7) is 0. The summed E-state index contributed by atoms with van der Waals surface area (Å²) in [6.07, 6.45) is 3.51. The van der Waals surface area contributed by atoms with E-state index in [1.165, 1.54) is 6.33 Å². The van der Waals surface area contributed by atoms with Crippen molar-refractivity contribution in [1.29, 1.82) is 0 Å². The lowest BCUT2D eigenvalue weighted by molar-refractivity contribution is -0.131. The number of anilines is 2. The van der Waals surface area contributed by atoms with E-state index in [2.05, 4.69) is 37.9 Å². The van der Waals surface area contributed by atoms with Gasteiger partial charge in [-0.25, -0.2) is 14.8 Å². The Hall–Kier alpha value is -2.81. The number of aromatic nitrogens is 2. The maximum absolute atomic E-state index is 11.9. The van der Waals surface area contributed by atoms with Crippen LogP contribution in [0.25, 0.3) is 10.9 Å². The van der Waals surface area contributed by atoms with Crippen LogP contribution in [0.3, 0.4) is 0 Å². The molecule has 0 amide bonds. The highest BCUT2D eigenvalue weighted by Gasteiger charge is 2.08. The molecule has 0 aliphatic heterocycles. The molecule has 3 aromatic rings. The van der Waals surface area contributed by atoms with Crippen LogP contribution in [0.4, 0.5) is 11.5 Å². The van der Waals surface area contributed by atoms with Gasteiger partial charge in [0.2, 0.25) is 0 Å². The van der Waals surface area contributed by atoms with Crippen LogP contribution >= 0.6 is 22.6 Å². The molecule has 6 nitrogen and oxygen atoms in total. The number of rotatable bonds is 6. The van der Waals surface area contributed by atoms with Crippen LogP contribution in [0, 0.1) is 3.57 Å². The van der Waals surface area contributed by atoms with Gasteiger partial charge in [-0.05, 0) is 64.6 Å². The van der Waals surface area contributed by atoms with E-state index < -0.39 is 5.97 Å². The van der Waals surface area contributed by atoms with Crippen molar-refractivity contribution in [3.63, 3.8) is 0 Å². The van der Waals surface area contributed by atoms with Gasteiger partial charge < -0.3 is 10.4 Å². The molecule has 2 aromatic carbocycles. The van der Waals surface area contributed by atoms with Crippen molar-refractivity contribution < 1.29 is 14.7 Å². The third-order valence-corrected chi connectivity index (χ3v) is 4.25. The number of carboxylic acids is 1. The highest BCUT2D eigenvalue weighted by molar-refractivity contribution is 14.1. The number of benzene rings is 2. The third-order valence-electron chi connectivity index (χ3n) is 3.58. The Morgan fingerprint density at radius 2 is 1.96 bits per heavy atom. The van der Waals surface area contributed by atoms with Crippen LogP contribution in [0.2, 0.25) is 0 Å². The molecule has 0 saturated carbocycles. The average molecular weight is 459 g/mol. The molecule has 0 fully saturated rings. The minimum Gasteiger partial charge on any atom is -0.478 e. The van der Waals surface area contributed by atoms with Crippen LogP contribution in [-0.2, 0) is 16.0 Å². The Balaban J connectivity index is 1.90. The zero-order valence-electron chi connectivity index (χ0n) is 13.5. The number of ketones is 1. The minimum atomic E-state index is -1.14. The van der Waals surface area contributed by atoms with Crippen LogP contribution in [0.5, 0.6) is 0 Å². The molecule has 7 heteroatoms. The number of hydrogen-bond donors (Lipinski definition) is 2. The molecule has 0 atom stereocenters. The summed E-state index contributed by atoms with van der Waals surface area (Å²) >= 11 is 2.24. The van der Waals surface area contributed by atoms with E-state index in [4.69, 9.17) is 5.11 Å². The van der Waals surface area contributed by atoms with Gasteiger partial charge >= 0.3 is 5.97 Å². The Bertz CT molecular complexity index is 1020. The van der Waals surface area contributed by atoms with Gasteiger partial charge in [0.15, 0.2) is 5.78 Å². The van der Waals surface area contributed by atoms with Crippen molar-refractivity contribution in [2.75, 3.05) is 5.32 Å². The Kier molecular flexibility index (Phi) is 5.57. The van der Waals surface area contributed by atoms with Crippen molar-refractivity contribution in [1.82, 2.24) is 9.97 Å². The lowest BCUT2D eigenvalue weighted by atomic mass is 10.1. The standard InChI is InChI=1S/C19H14IN3O3/c20-13-2-1-3-14(10-13)23-19-16-9-12(4-6-17(16)21-11-22-19)8-15(24)5-7-18(25)26/h1-7,9-11H,8H2,(H,25,26)(H,21,22,23)/b7-5-. The first-order valence-corrected chi connectivity index (χ1v) is 8.79. The third kappa shape index (κ3) is 4.63. The van der Waals surface area contributed by atoms with Gasteiger partial charge in [-0.15, -0.1) is 0 Å². The summed E-state index contributed by atoms with van der Waals surface area (Å²) in [5, 5.41) is 12.7. The first-order valence-electron chi connectivity index (χ1n) is 7.71. The van der Waals surface area contributed by atoms with Crippen LogP contribution in [0.1, 0.15) is 5.56 Å². The number of aliphatic carboxylic acids is 1. The van der Waals surface area contributed by atoms with Crippen molar-refractivity contribution >= 4 is 56.8 Å². The molecule has 26 heavy (non-hydrogen) atoms. The number of carbonyl (C=O) groups is 2. The topological polar surface area (TPSA) is 92.2 Å². The molecule has 2 N–H and O–H groups in total. The number of allylic oxidation sites excluding steroid dienone is 1. The van der Waals surface area contributed by atoms with Crippen LogP contribution < -0.4 is 5.32 Å². The van der Waals surface area contributed by atoms with Crippen LogP contribution in [-0.4, -0.2) is 26.8 Å². The number of nitrogens with one attached hydrogen (secondary N) is 1. The monoisotopic (exact) mass is 459 g/mol. The highest BCUT2D eigenvalue weighted by atomic mass is 127. The van der Waals surface area contributed by atoms with Gasteiger partial charge in [0.25, 0.3) is 0 Å². The molecule has 130 valence electrons. The predicted octanol–water partition coefficient (Wildman–Crippen LogP) is 3.73. The molecular formula is C19H14IN3O3. The molecule has 1 heterocycles. The molecular weight excluding hydrogens is 445 g/mol. The van der Waals surface area contributed by atoms with Crippen molar-refractivity contribution in [2.45, 2.75) is 6.42 Å². The minimum absolute atomic E-state index is 0.108. The van der Waals surface area contributed by atoms with E-state index in [1.807, 2.05) is 36.4 Å². The zero-order chi connectivity index (χ0) is 18.5. The number of nitrogens with zero attached hydrogens (tertiary/aromatic N) is 2. The van der Waals surface area contributed by atoms with E-state index in [0.717, 1.165) is 37.9 Å². The lowest BCUT2D eigenvalue weighted by Crippen LogP contribution is -2.01. The summed E-state index contributed by atoms with van der Waals surface area (Å²) in [7, 11) is 0. The summed E-state index contributed by atoms with van der Waals surface area (Å²) in [5.74, 6) is -0.780. The Morgan fingerprint density at radius 1 is 1.12 bits per heavy atom. The van der Waals surface area contributed by atoms with Gasteiger partial charge in [-0.1, -0.05) is 12.1 Å². The van der Waals surface area contributed by atoms with E-state index in [0.29, 0.717) is 5.82 Å². The van der Waals surface area contributed by atoms with Gasteiger partial charge in [0.1, 0.15) is 12.1 Å². The summed E-state index contributed by atoms with van der Waals surface area (Å²) in [4.78, 5) is 30.9. The quantitative estimate of drug-likeness (QED) is 0.431. The molecule has 0 bridgehead atoms. The second kappa shape index (κ2) is 8.05. The molecule has 3 rings (SSSR count). The normalized spacial score (nSPS) is 11.0. The fraction of sp³-hybridized carbons (Fsp3) is 0.0526. The maximum Gasteiger partial charge on any atom is 0.328 e. The van der Waals surface area contributed by atoms with E-state index in [1.54, 1.807) is 6.07 Å². The van der Waals surface area contributed by atoms with Gasteiger partial charge in [-0.2, -0.15) is 0 Å². The fourth-order valence-electron chi connectivity index (χ4n) is 2.44. The number of fused-ring (bicyclic) bond motifs is 1. The summed E-state index contributed by atoms with van der Waals surface area (Å²) in [6, 6.07) is 13.4. The predicted molar refractivity (Wildman–Crippen MR) is 107 cm³/mol. The number of halogens is 1. The summed E-state index contributed by atoms with van der Waals surface area (Å²) in [5.41, 5.74) is 2.42. The van der Waals surface area contributed by atoms with Gasteiger partial charge in [0, 0.05) is 27.1 Å². The number of carboxylic acid groups (broad SMARTS) is 1. The Labute approximate surface area is 163 Å². The van der Waals surface area contributed by atoms with E-state index >= 15 is 0 Å². The molecule has 1 aromatic heterocycles. The number of hydrogen-bond acceptors (Lipinski definition) is 5. The van der Waals surface area contributed by atoms with E-state index in [9.17, 15) is 9.59 Å². The second-order valence-corrected chi connectivity index (χ2v) is 6.77. The SMILES string of the molecule is O=C(O)/C=C\C(=O)Cc1ccc2ncnc(Nc3cccc(I)c3)c2c1. The van der Waals surface area contributed by atoms with Crippen molar-refractivity contribution in [3.8, 4) is 0 Å². The maximum atomic E-state index is 11.9. The van der Waals surface area contributed by atoms with Gasteiger partial charge in [-0.3, -0.25) is 4.79 Å². The highest BCUT2D eigenvalue weighted by Crippen LogP contribution is 2.25. The molecule has 0 aliphatic rings. The molecule has 0 spiro atoms. The largest absolute Gasteiger partial charge is 0.478 e. The van der Waals surface area contributed by atoms with Crippen molar-refractivity contribution in [3.05, 3.63) is 70.1 Å². The lowest BCUT2D eigenvalue weighted by Gasteiger charge is -2.09. The molecule has 0 saturated heterocycles. The zero-order valence-corrected chi connectivity index (χ0v) is 15.7. The van der Waals surface area contributed by atoms with E-state index in [-0.39, 0.29) is 12.2 Å². The van der Waals surface area contributed by atoms with Gasteiger partial charge in [0.05, 0.1) is 5.52 Å². The fourth-order valence-corrected chi connectivity index (χ4v) is 2.98. The molecule has 0 aliphatic carbocycles. The second-order valence-electron chi connectivity index (χ2n) is 5.52. The first-order chi connectivity index (χ1) is 12.5. The molecule has 0 unspecified atom stereocenters. The van der Waals surface area contributed by atoms with Crippen LogP contribution in [0.15, 0.2) is 60.9 Å². The van der Waals surface area contributed by atoms with Crippen molar-refractivity contribution in [2.24, 2.45) is 0 Å². The Morgan fingerprint density at radius 3 is 2.73 bits per heavy atom. The summed E-state index contributed by atoms with van der Waals surface area (Å²) < 4.78 is 1.10. The first kappa shape index (κ1) is 18.0. The average Bonchev–Trinajstić information content (AvgIpc) is 2.60.